The number of ether oxygens (including phenoxy) is 1. The summed E-state index contributed by atoms with van der Waals surface area (Å²) < 4.78 is 5.34. The first kappa shape index (κ1) is 11.6. The highest BCUT2D eigenvalue weighted by Crippen LogP contribution is 2.27. The Labute approximate surface area is 99.6 Å². The Balaban J connectivity index is 2.00. The van der Waals surface area contributed by atoms with Crippen LogP contribution in [-0.2, 0) is 4.74 Å². The second kappa shape index (κ2) is 4.57. The normalized spacial score (nSPS) is 29.3. The van der Waals surface area contributed by atoms with Crippen LogP contribution in [-0.4, -0.2) is 34.9 Å². The molecule has 2 rings (SSSR count). The van der Waals surface area contributed by atoms with Crippen molar-refractivity contribution in [1.29, 1.82) is 0 Å². The number of rotatable bonds is 3. The Kier molecular flexibility index (Phi) is 3.33. The second-order valence-corrected chi connectivity index (χ2v) is 4.46. The molecular weight excluding hydrogens is 228 g/mol. The van der Waals surface area contributed by atoms with E-state index in [2.05, 4.69) is 10.3 Å². The Hall–Kier alpha value is -0.840. The number of aliphatic hydroxyl groups is 1. The molecule has 1 aliphatic heterocycles. The predicted octanol–water partition coefficient (Wildman–Crippen LogP) is 1.69. The van der Waals surface area contributed by atoms with Crippen molar-refractivity contribution in [3.8, 4) is 0 Å². The maximum Gasteiger partial charge on any atom is 0.144 e. The molecule has 0 radical (unpaired) electrons. The van der Waals surface area contributed by atoms with Crippen LogP contribution in [0.15, 0.2) is 18.3 Å². The molecule has 2 heterocycles. The van der Waals surface area contributed by atoms with Crippen LogP contribution in [0.5, 0.6) is 0 Å². The summed E-state index contributed by atoms with van der Waals surface area (Å²) in [6.45, 7) is 2.86. The van der Waals surface area contributed by atoms with Crippen LogP contribution < -0.4 is 5.32 Å². The van der Waals surface area contributed by atoms with Gasteiger partial charge in [0.1, 0.15) is 11.4 Å². The monoisotopic (exact) mass is 242 g/mol. The van der Waals surface area contributed by atoms with Gasteiger partial charge >= 0.3 is 0 Å². The van der Waals surface area contributed by atoms with Gasteiger partial charge in [-0.3, -0.25) is 0 Å². The van der Waals surface area contributed by atoms with E-state index in [1.165, 1.54) is 0 Å². The van der Waals surface area contributed by atoms with Crippen LogP contribution in [0.1, 0.15) is 13.3 Å². The van der Waals surface area contributed by atoms with E-state index in [9.17, 15) is 5.11 Å². The first-order valence-electron chi connectivity index (χ1n) is 5.30. The summed E-state index contributed by atoms with van der Waals surface area (Å²) in [5.41, 5.74) is -0.832. The van der Waals surface area contributed by atoms with Gasteiger partial charge in [-0.15, -0.1) is 0 Å². The smallest absolute Gasteiger partial charge is 0.144 e. The lowest BCUT2D eigenvalue weighted by Crippen LogP contribution is -2.43. The van der Waals surface area contributed by atoms with Gasteiger partial charge in [0.05, 0.1) is 11.1 Å². The van der Waals surface area contributed by atoms with E-state index in [1.807, 2.05) is 6.92 Å². The number of aromatic nitrogens is 1. The highest BCUT2D eigenvalue weighted by molar-refractivity contribution is 6.32. The van der Waals surface area contributed by atoms with E-state index < -0.39 is 5.60 Å². The molecule has 1 aromatic heterocycles. The van der Waals surface area contributed by atoms with Crippen LogP contribution in [0.3, 0.4) is 0 Å². The minimum atomic E-state index is -0.832. The number of nitrogens with one attached hydrogen (secondary N) is 1. The molecule has 0 aromatic carbocycles. The third-order valence-electron chi connectivity index (χ3n) is 2.98. The van der Waals surface area contributed by atoms with Gasteiger partial charge in [0, 0.05) is 25.8 Å². The van der Waals surface area contributed by atoms with Crippen LogP contribution in [0.4, 0.5) is 5.82 Å². The molecule has 4 nitrogen and oxygen atoms in total. The highest BCUT2D eigenvalue weighted by atomic mass is 35.5. The van der Waals surface area contributed by atoms with E-state index in [0.29, 0.717) is 30.4 Å². The fraction of sp³-hybridized carbons (Fsp3) is 0.545. The summed E-state index contributed by atoms with van der Waals surface area (Å²) in [7, 11) is 0. The Morgan fingerprint density at radius 1 is 1.75 bits per heavy atom. The van der Waals surface area contributed by atoms with Crippen molar-refractivity contribution in [2.75, 3.05) is 18.5 Å². The summed E-state index contributed by atoms with van der Waals surface area (Å²) in [5.74, 6) is 0.594. The van der Waals surface area contributed by atoms with Crippen molar-refractivity contribution >= 4 is 17.4 Å². The molecule has 1 aliphatic rings. The van der Waals surface area contributed by atoms with Crippen molar-refractivity contribution in [3.63, 3.8) is 0 Å². The van der Waals surface area contributed by atoms with Gasteiger partial charge in [-0.1, -0.05) is 11.6 Å². The highest BCUT2D eigenvalue weighted by Gasteiger charge is 2.39. The van der Waals surface area contributed by atoms with Gasteiger partial charge in [-0.2, -0.15) is 0 Å². The zero-order valence-corrected chi connectivity index (χ0v) is 9.87. The summed E-state index contributed by atoms with van der Waals surface area (Å²) in [5, 5.41) is 13.9. The minimum Gasteiger partial charge on any atom is -0.385 e. The van der Waals surface area contributed by atoms with Crippen LogP contribution in [0.25, 0.3) is 0 Å². The van der Waals surface area contributed by atoms with Crippen LogP contribution in [0.2, 0.25) is 5.02 Å². The van der Waals surface area contributed by atoms with E-state index >= 15 is 0 Å². The molecule has 1 fully saturated rings. The Bertz CT molecular complexity index is 375. The fourth-order valence-corrected chi connectivity index (χ4v) is 1.94. The van der Waals surface area contributed by atoms with Gasteiger partial charge in [-0.05, 0) is 19.1 Å². The van der Waals surface area contributed by atoms with E-state index in [0.717, 1.165) is 0 Å². The lowest BCUT2D eigenvalue weighted by atomic mass is 9.97. The van der Waals surface area contributed by atoms with Gasteiger partial charge < -0.3 is 15.2 Å². The molecule has 5 heteroatoms. The third kappa shape index (κ3) is 2.29. The summed E-state index contributed by atoms with van der Waals surface area (Å²) in [6.07, 6.45) is 2.13. The topological polar surface area (TPSA) is 54.4 Å². The van der Waals surface area contributed by atoms with Gasteiger partial charge in [0.2, 0.25) is 0 Å². The molecule has 0 amide bonds. The first-order chi connectivity index (χ1) is 7.62. The average molecular weight is 243 g/mol. The number of anilines is 1. The van der Waals surface area contributed by atoms with Gasteiger partial charge in [0.25, 0.3) is 0 Å². The van der Waals surface area contributed by atoms with Crippen LogP contribution in [0, 0.1) is 0 Å². The quantitative estimate of drug-likeness (QED) is 0.847. The molecule has 2 unspecified atom stereocenters. The maximum absolute atomic E-state index is 10.3. The SMILES string of the molecule is CC1OCCC1(O)CNc1ncccc1Cl. The molecule has 0 saturated carbocycles. The fourth-order valence-electron chi connectivity index (χ4n) is 1.76. The predicted molar refractivity (Wildman–Crippen MR) is 62.7 cm³/mol. The largest absolute Gasteiger partial charge is 0.385 e. The standard InChI is InChI=1S/C11H15ClN2O2/c1-8-11(15,4-6-16-8)7-14-10-9(12)3-2-5-13-10/h2-3,5,8,15H,4,6-7H2,1H3,(H,13,14). The lowest BCUT2D eigenvalue weighted by molar-refractivity contribution is -0.0176. The average Bonchev–Trinajstić information content (AvgIpc) is 2.59. The van der Waals surface area contributed by atoms with Crippen molar-refractivity contribution in [2.24, 2.45) is 0 Å². The van der Waals surface area contributed by atoms with E-state index in [4.69, 9.17) is 16.3 Å². The third-order valence-corrected chi connectivity index (χ3v) is 3.28. The van der Waals surface area contributed by atoms with Crippen molar-refractivity contribution < 1.29 is 9.84 Å². The summed E-state index contributed by atoms with van der Waals surface area (Å²) >= 11 is 5.95. The molecule has 16 heavy (non-hydrogen) atoms. The van der Waals surface area contributed by atoms with Gasteiger partial charge in [0.15, 0.2) is 0 Å². The van der Waals surface area contributed by atoms with E-state index in [-0.39, 0.29) is 6.10 Å². The molecule has 2 N–H and O–H groups in total. The van der Waals surface area contributed by atoms with Crippen LogP contribution >= 0.6 is 11.6 Å². The number of halogens is 1. The molecule has 2 atom stereocenters. The van der Waals surface area contributed by atoms with Gasteiger partial charge in [-0.25, -0.2) is 4.98 Å². The Morgan fingerprint density at radius 2 is 2.56 bits per heavy atom. The summed E-state index contributed by atoms with van der Waals surface area (Å²) in [6, 6.07) is 3.53. The van der Waals surface area contributed by atoms with E-state index in [1.54, 1.807) is 18.3 Å². The molecular formula is C11H15ClN2O2. The molecule has 0 bridgehead atoms. The second-order valence-electron chi connectivity index (χ2n) is 4.05. The molecule has 0 aliphatic carbocycles. The van der Waals surface area contributed by atoms with Crippen molar-refractivity contribution in [3.05, 3.63) is 23.4 Å². The molecule has 0 spiro atoms. The summed E-state index contributed by atoms with van der Waals surface area (Å²) in [4.78, 5) is 4.10. The maximum atomic E-state index is 10.3. The Morgan fingerprint density at radius 3 is 3.19 bits per heavy atom. The molecule has 1 saturated heterocycles. The van der Waals surface area contributed by atoms with Crippen molar-refractivity contribution in [1.82, 2.24) is 4.98 Å². The number of hydrogen-bond acceptors (Lipinski definition) is 4. The number of pyridine rings is 1. The zero-order valence-electron chi connectivity index (χ0n) is 9.11. The zero-order chi connectivity index (χ0) is 11.6. The first-order valence-corrected chi connectivity index (χ1v) is 5.68. The van der Waals surface area contributed by atoms with Crippen molar-refractivity contribution in [2.45, 2.75) is 25.0 Å². The lowest BCUT2D eigenvalue weighted by Gasteiger charge is -2.26. The molecule has 1 aromatic rings. The number of hydrogen-bond donors (Lipinski definition) is 2. The molecule has 88 valence electrons. The number of nitrogens with zero attached hydrogens (tertiary/aromatic N) is 1. The minimum absolute atomic E-state index is 0.164.